The zero-order chi connectivity index (χ0) is 15.8. The average Bonchev–Trinajstić information content (AvgIpc) is 2.45. The quantitative estimate of drug-likeness (QED) is 0.248. The fourth-order valence-corrected chi connectivity index (χ4v) is 2.27. The molecule has 0 aliphatic rings. The number of hydrogen-bond donors (Lipinski definition) is 1. The van der Waals surface area contributed by atoms with Crippen LogP contribution in [-0.4, -0.2) is 15.9 Å². The minimum atomic E-state index is -0.706. The van der Waals surface area contributed by atoms with E-state index in [2.05, 4.69) is 59.3 Å². The molecule has 0 saturated carbocycles. The van der Waals surface area contributed by atoms with E-state index >= 15 is 0 Å². The van der Waals surface area contributed by atoms with Gasteiger partial charge in [0.1, 0.15) is 0 Å². The zero-order valence-corrected chi connectivity index (χ0v) is 14.7. The summed E-state index contributed by atoms with van der Waals surface area (Å²) < 4.78 is 0. The minimum Gasteiger partial charge on any atom is -0.481 e. The smallest absolute Gasteiger partial charge is 0.303 e. The van der Waals surface area contributed by atoms with Crippen LogP contribution in [0.4, 0.5) is 0 Å². The first-order valence-corrected chi connectivity index (χ1v) is 8.92. The van der Waals surface area contributed by atoms with Gasteiger partial charge in [0.2, 0.25) is 0 Å². The van der Waals surface area contributed by atoms with Gasteiger partial charge >= 0.3 is 5.97 Å². The Bertz CT molecular complexity index is 332. The highest BCUT2D eigenvalue weighted by molar-refractivity contribution is 9.09. The Morgan fingerprint density at radius 1 is 1.00 bits per heavy atom. The number of carbonyl (C=O) groups is 1. The largest absolute Gasteiger partial charge is 0.481 e. The highest BCUT2D eigenvalue weighted by Gasteiger charge is 1.95. The molecule has 0 heterocycles. The fourth-order valence-electron chi connectivity index (χ4n) is 1.84. The van der Waals surface area contributed by atoms with Crippen LogP contribution in [0, 0.1) is 0 Å². The number of rotatable bonds is 13. The van der Waals surface area contributed by atoms with Gasteiger partial charge in [-0.05, 0) is 38.5 Å². The molecule has 0 rings (SSSR count). The molecule has 0 aromatic rings. The molecule has 0 aromatic heterocycles. The van der Waals surface area contributed by atoms with E-state index in [1.165, 1.54) is 25.7 Å². The number of halogens is 1. The second-order valence-corrected chi connectivity index (χ2v) is 6.20. The summed E-state index contributed by atoms with van der Waals surface area (Å²) in [5.41, 5.74) is 0. The van der Waals surface area contributed by atoms with Crippen molar-refractivity contribution in [2.24, 2.45) is 0 Å². The summed E-state index contributed by atoms with van der Waals surface area (Å²) in [4.78, 5) is 10.6. The zero-order valence-electron chi connectivity index (χ0n) is 13.1. The summed E-state index contributed by atoms with van der Waals surface area (Å²) in [5, 5.41) is 8.52. The first-order valence-electron chi connectivity index (χ1n) is 8.01. The number of allylic oxidation sites excluding steroid dienone is 6. The molecule has 3 heteroatoms. The van der Waals surface area contributed by atoms with Crippen LogP contribution < -0.4 is 0 Å². The Labute approximate surface area is 138 Å². The van der Waals surface area contributed by atoms with Crippen LogP contribution in [0.5, 0.6) is 0 Å². The van der Waals surface area contributed by atoms with Gasteiger partial charge in [0.15, 0.2) is 0 Å². The van der Waals surface area contributed by atoms with Crippen LogP contribution in [0.2, 0.25) is 0 Å². The van der Waals surface area contributed by atoms with Crippen molar-refractivity contribution in [3.63, 3.8) is 0 Å². The molecule has 0 aliphatic carbocycles. The van der Waals surface area contributed by atoms with Crippen molar-refractivity contribution in [2.45, 2.75) is 69.5 Å². The molecular weight excluding hydrogens is 328 g/mol. The van der Waals surface area contributed by atoms with Crippen LogP contribution in [-0.2, 0) is 4.79 Å². The van der Waals surface area contributed by atoms with Gasteiger partial charge in [0.05, 0.1) is 4.83 Å². The number of aliphatic carboxylic acids is 1. The maximum atomic E-state index is 10.3. The molecule has 1 atom stereocenters. The maximum Gasteiger partial charge on any atom is 0.303 e. The van der Waals surface area contributed by atoms with Gasteiger partial charge in [-0.1, -0.05) is 72.2 Å². The molecule has 0 bridgehead atoms. The summed E-state index contributed by atoms with van der Waals surface area (Å²) in [6.45, 7) is 2.22. The van der Waals surface area contributed by atoms with Crippen LogP contribution in [0.15, 0.2) is 36.5 Å². The standard InChI is InChI=1S/C18H29BrO2/c1-2-3-4-5-6-7-8-11-14-17(19)15-12-9-10-13-16-18(20)21/h6-7,11-12,14-15,17H,2-5,8-10,13,16H2,1H3,(H,20,21). The van der Waals surface area contributed by atoms with E-state index in [0.29, 0.717) is 0 Å². The van der Waals surface area contributed by atoms with E-state index in [-0.39, 0.29) is 11.2 Å². The molecule has 0 saturated heterocycles. The summed E-state index contributed by atoms with van der Waals surface area (Å²) in [6, 6.07) is 0. The topological polar surface area (TPSA) is 37.3 Å². The molecule has 21 heavy (non-hydrogen) atoms. The van der Waals surface area contributed by atoms with Crippen LogP contribution >= 0.6 is 15.9 Å². The summed E-state index contributed by atoms with van der Waals surface area (Å²) in [7, 11) is 0. The van der Waals surface area contributed by atoms with Crippen molar-refractivity contribution in [1.29, 1.82) is 0 Å². The third-order valence-electron chi connectivity index (χ3n) is 3.06. The predicted molar refractivity (Wildman–Crippen MR) is 95.0 cm³/mol. The van der Waals surface area contributed by atoms with E-state index in [4.69, 9.17) is 5.11 Å². The number of carboxylic acids is 1. The van der Waals surface area contributed by atoms with E-state index in [9.17, 15) is 4.79 Å². The SMILES string of the molecule is CCCCCC=CCC=CC(Br)C=CCCCCC(=O)O. The third-order valence-corrected chi connectivity index (χ3v) is 3.67. The molecule has 0 fully saturated rings. The minimum absolute atomic E-state index is 0.269. The number of hydrogen-bond acceptors (Lipinski definition) is 1. The van der Waals surface area contributed by atoms with E-state index in [0.717, 1.165) is 25.7 Å². The van der Waals surface area contributed by atoms with Gasteiger partial charge in [-0.15, -0.1) is 0 Å². The van der Waals surface area contributed by atoms with Crippen LogP contribution in [0.25, 0.3) is 0 Å². The lowest BCUT2D eigenvalue weighted by Gasteiger charge is -1.96. The lowest BCUT2D eigenvalue weighted by molar-refractivity contribution is -0.137. The molecule has 1 unspecified atom stereocenters. The molecule has 0 aliphatic heterocycles. The molecule has 0 radical (unpaired) electrons. The lowest BCUT2D eigenvalue weighted by atomic mass is 10.2. The lowest BCUT2D eigenvalue weighted by Crippen LogP contribution is -1.93. The molecular formula is C18H29BrO2. The number of alkyl halides is 1. The molecule has 120 valence electrons. The average molecular weight is 357 g/mol. The van der Waals surface area contributed by atoms with Crippen LogP contribution in [0.3, 0.4) is 0 Å². The monoisotopic (exact) mass is 356 g/mol. The Kier molecular flexibility index (Phi) is 14.9. The van der Waals surface area contributed by atoms with Gasteiger partial charge in [-0.25, -0.2) is 0 Å². The van der Waals surface area contributed by atoms with Crippen molar-refractivity contribution in [3.05, 3.63) is 36.5 Å². The summed E-state index contributed by atoms with van der Waals surface area (Å²) >= 11 is 3.58. The second-order valence-electron chi connectivity index (χ2n) is 5.14. The van der Waals surface area contributed by atoms with E-state index < -0.39 is 5.97 Å². The van der Waals surface area contributed by atoms with Gasteiger partial charge in [-0.3, -0.25) is 4.79 Å². The Morgan fingerprint density at radius 2 is 1.67 bits per heavy atom. The van der Waals surface area contributed by atoms with Gasteiger partial charge in [0.25, 0.3) is 0 Å². The van der Waals surface area contributed by atoms with Crippen molar-refractivity contribution in [3.8, 4) is 0 Å². The van der Waals surface area contributed by atoms with Gasteiger partial charge in [0, 0.05) is 6.42 Å². The fraction of sp³-hybridized carbons (Fsp3) is 0.611. The predicted octanol–water partition coefficient (Wildman–Crippen LogP) is 6.03. The first-order chi connectivity index (χ1) is 10.2. The van der Waals surface area contributed by atoms with Crippen molar-refractivity contribution >= 4 is 21.9 Å². The highest BCUT2D eigenvalue weighted by atomic mass is 79.9. The van der Waals surface area contributed by atoms with Gasteiger partial charge < -0.3 is 5.11 Å². The Hall–Kier alpha value is -0.830. The van der Waals surface area contributed by atoms with Crippen molar-refractivity contribution in [1.82, 2.24) is 0 Å². The molecule has 2 nitrogen and oxygen atoms in total. The maximum absolute atomic E-state index is 10.3. The molecule has 1 N–H and O–H groups in total. The second kappa shape index (κ2) is 15.6. The molecule has 0 amide bonds. The summed E-state index contributed by atoms with van der Waals surface area (Å²) in [6.07, 6.45) is 22.0. The van der Waals surface area contributed by atoms with E-state index in [1.54, 1.807) is 0 Å². The Balaban J connectivity index is 3.56. The van der Waals surface area contributed by atoms with E-state index in [1.807, 2.05) is 0 Å². The molecule has 0 aromatic carbocycles. The first kappa shape index (κ1) is 20.2. The number of unbranched alkanes of at least 4 members (excludes halogenated alkanes) is 5. The normalized spacial score (nSPS) is 13.6. The third kappa shape index (κ3) is 17.1. The summed E-state index contributed by atoms with van der Waals surface area (Å²) in [5.74, 6) is -0.706. The van der Waals surface area contributed by atoms with Crippen molar-refractivity contribution < 1.29 is 9.90 Å². The Morgan fingerprint density at radius 3 is 2.38 bits per heavy atom. The molecule has 0 spiro atoms. The number of carboxylic acid groups (broad SMARTS) is 1. The highest BCUT2D eigenvalue weighted by Crippen LogP contribution is 2.07. The van der Waals surface area contributed by atoms with Gasteiger partial charge in [-0.2, -0.15) is 0 Å². The van der Waals surface area contributed by atoms with Crippen molar-refractivity contribution in [2.75, 3.05) is 0 Å². The van der Waals surface area contributed by atoms with Crippen LogP contribution in [0.1, 0.15) is 64.7 Å².